The molecule has 0 saturated carbocycles. The van der Waals surface area contributed by atoms with Crippen molar-refractivity contribution >= 4 is 29.9 Å². The van der Waals surface area contributed by atoms with Crippen LogP contribution in [-0.2, 0) is 0 Å². The molecule has 1 rings (SSSR count). The van der Waals surface area contributed by atoms with Gasteiger partial charge in [-0.05, 0) is 44.6 Å². The van der Waals surface area contributed by atoms with Crippen molar-refractivity contribution in [1.82, 2.24) is 15.1 Å². The predicted octanol–water partition coefficient (Wildman–Crippen LogP) is 3.57. The summed E-state index contributed by atoms with van der Waals surface area (Å²) in [6.45, 7) is 9.12. The molecule has 0 aromatic heterocycles. The summed E-state index contributed by atoms with van der Waals surface area (Å²) >= 11 is 0. The largest absolute Gasteiger partial charge is 0.401 e. The fourth-order valence-electron chi connectivity index (χ4n) is 3.66. The molecule has 0 spiro atoms. The average molecular weight is 522 g/mol. The number of rotatable bonds is 11. The predicted molar refractivity (Wildman–Crippen MR) is 119 cm³/mol. The van der Waals surface area contributed by atoms with E-state index in [0.717, 1.165) is 51.3 Å². The van der Waals surface area contributed by atoms with Gasteiger partial charge < -0.3 is 15.3 Å². The zero-order chi connectivity index (χ0) is 20.3. The first-order chi connectivity index (χ1) is 12.8. The Bertz CT molecular complexity index is 432. The number of aliphatic hydroxyl groups excluding tert-OH is 1. The van der Waals surface area contributed by atoms with E-state index in [2.05, 4.69) is 17.1 Å². The van der Waals surface area contributed by atoms with Gasteiger partial charge in [-0.15, -0.1) is 24.0 Å². The highest BCUT2D eigenvalue weighted by Crippen LogP contribution is 2.21. The summed E-state index contributed by atoms with van der Waals surface area (Å²) in [7, 11) is 0. The van der Waals surface area contributed by atoms with Crippen molar-refractivity contribution in [2.75, 3.05) is 52.4 Å². The van der Waals surface area contributed by atoms with Gasteiger partial charge in [-0.1, -0.05) is 20.3 Å². The quantitative estimate of drug-likeness (QED) is 0.248. The molecule has 1 aliphatic heterocycles. The molecule has 1 fully saturated rings. The maximum Gasteiger partial charge on any atom is 0.401 e. The van der Waals surface area contributed by atoms with Crippen LogP contribution >= 0.6 is 24.0 Å². The molecule has 2 atom stereocenters. The van der Waals surface area contributed by atoms with Crippen molar-refractivity contribution in [2.45, 2.75) is 52.6 Å². The van der Waals surface area contributed by atoms with Gasteiger partial charge in [0.2, 0.25) is 0 Å². The minimum Gasteiger partial charge on any atom is -0.396 e. The van der Waals surface area contributed by atoms with Crippen LogP contribution in [0.3, 0.4) is 0 Å². The molecule has 2 N–H and O–H groups in total. The topological polar surface area (TPSA) is 51.1 Å². The lowest BCUT2D eigenvalue weighted by molar-refractivity contribution is -0.146. The number of guanidine groups is 1. The molecule has 0 aromatic rings. The number of aliphatic imine (C=N–C) groups is 1. The Balaban J connectivity index is 0.00000729. The Morgan fingerprint density at radius 3 is 2.54 bits per heavy atom. The van der Waals surface area contributed by atoms with Gasteiger partial charge in [0.05, 0.1) is 6.54 Å². The van der Waals surface area contributed by atoms with E-state index in [9.17, 15) is 18.3 Å². The van der Waals surface area contributed by atoms with Crippen molar-refractivity contribution < 1.29 is 18.3 Å². The summed E-state index contributed by atoms with van der Waals surface area (Å²) in [4.78, 5) is 8.40. The molecular formula is C19H38F3IN4O. The normalized spacial score (nSPS) is 19.1. The number of alkyl halides is 3. The molecule has 28 heavy (non-hydrogen) atoms. The van der Waals surface area contributed by atoms with Crippen LogP contribution in [0, 0.1) is 11.8 Å². The smallest absolute Gasteiger partial charge is 0.396 e. The second-order valence-corrected chi connectivity index (χ2v) is 7.41. The average Bonchev–Trinajstić information content (AvgIpc) is 3.05. The van der Waals surface area contributed by atoms with Crippen LogP contribution in [-0.4, -0.2) is 79.5 Å². The molecule has 1 saturated heterocycles. The van der Waals surface area contributed by atoms with Gasteiger partial charge in [0.1, 0.15) is 0 Å². The first kappa shape index (κ1) is 27.7. The van der Waals surface area contributed by atoms with Crippen LogP contribution in [0.5, 0.6) is 0 Å². The molecule has 2 unspecified atom stereocenters. The maximum atomic E-state index is 12.7. The summed E-state index contributed by atoms with van der Waals surface area (Å²) in [5, 5.41) is 12.5. The highest BCUT2D eigenvalue weighted by Gasteiger charge is 2.33. The summed E-state index contributed by atoms with van der Waals surface area (Å²) in [6.07, 6.45) is -0.411. The van der Waals surface area contributed by atoms with Crippen LogP contribution in [0.1, 0.15) is 46.5 Å². The monoisotopic (exact) mass is 522 g/mol. The van der Waals surface area contributed by atoms with Crippen molar-refractivity contribution in [3.63, 3.8) is 0 Å². The van der Waals surface area contributed by atoms with E-state index in [1.807, 2.05) is 6.92 Å². The van der Waals surface area contributed by atoms with Gasteiger partial charge in [0.25, 0.3) is 0 Å². The van der Waals surface area contributed by atoms with E-state index in [-0.39, 0.29) is 36.5 Å². The van der Waals surface area contributed by atoms with Gasteiger partial charge >= 0.3 is 6.18 Å². The van der Waals surface area contributed by atoms with Gasteiger partial charge in [0.15, 0.2) is 5.96 Å². The maximum absolute atomic E-state index is 12.7. The Morgan fingerprint density at radius 1 is 1.29 bits per heavy atom. The molecule has 9 heteroatoms. The second-order valence-electron chi connectivity index (χ2n) is 7.41. The lowest BCUT2D eigenvalue weighted by Gasteiger charge is -2.26. The molecular weight excluding hydrogens is 484 g/mol. The van der Waals surface area contributed by atoms with Crippen molar-refractivity contribution in [3.8, 4) is 0 Å². The molecule has 0 amide bonds. The van der Waals surface area contributed by atoms with Crippen LogP contribution in [0.25, 0.3) is 0 Å². The van der Waals surface area contributed by atoms with Crippen LogP contribution in [0.4, 0.5) is 13.2 Å². The number of aliphatic hydroxyl groups is 1. The van der Waals surface area contributed by atoms with E-state index < -0.39 is 12.7 Å². The Morgan fingerprint density at radius 2 is 2.00 bits per heavy atom. The summed E-state index contributed by atoms with van der Waals surface area (Å²) in [6, 6.07) is 0. The number of halogens is 4. The molecule has 5 nitrogen and oxygen atoms in total. The second kappa shape index (κ2) is 14.7. The minimum atomic E-state index is -4.15. The van der Waals surface area contributed by atoms with Crippen LogP contribution in [0.15, 0.2) is 4.99 Å². The van der Waals surface area contributed by atoms with Crippen molar-refractivity contribution in [2.24, 2.45) is 16.8 Å². The molecule has 0 aliphatic carbocycles. The van der Waals surface area contributed by atoms with Crippen LogP contribution in [0.2, 0.25) is 0 Å². The molecule has 168 valence electrons. The standard InChI is InChI=1S/C19H37F3N4O.HI/c1-4-7-16(9-11-27)12-24-18(23-5-2)26-10-8-17(14-26)13-25(6-3)15-19(20,21)22;/h16-17,27H,4-15H2,1-3H3,(H,23,24);1H. The van der Waals surface area contributed by atoms with Crippen molar-refractivity contribution in [3.05, 3.63) is 0 Å². The zero-order valence-electron chi connectivity index (χ0n) is 17.5. The highest BCUT2D eigenvalue weighted by atomic mass is 127. The zero-order valence-corrected chi connectivity index (χ0v) is 19.8. The number of nitrogens with one attached hydrogen (secondary N) is 1. The van der Waals surface area contributed by atoms with Gasteiger partial charge in [0, 0.05) is 39.3 Å². The van der Waals surface area contributed by atoms with E-state index in [1.54, 1.807) is 6.92 Å². The first-order valence-corrected chi connectivity index (χ1v) is 10.3. The van der Waals surface area contributed by atoms with E-state index in [0.29, 0.717) is 25.6 Å². The number of likely N-dealkylation sites (tertiary alicyclic amines) is 1. The number of nitrogens with zero attached hydrogens (tertiary/aromatic N) is 3. The SMILES string of the molecule is CCCC(CCO)CN=C(NCC)N1CCC(CN(CC)CC(F)(F)F)C1.I. The number of hydrogen-bond donors (Lipinski definition) is 2. The third kappa shape index (κ3) is 11.0. The Labute approximate surface area is 185 Å². The lowest BCUT2D eigenvalue weighted by atomic mass is 10.0. The lowest BCUT2D eigenvalue weighted by Crippen LogP contribution is -2.42. The molecule has 1 heterocycles. The minimum absolute atomic E-state index is 0. The molecule has 1 aliphatic rings. The van der Waals surface area contributed by atoms with Gasteiger partial charge in [-0.25, -0.2) is 0 Å². The Kier molecular flexibility index (Phi) is 14.5. The first-order valence-electron chi connectivity index (χ1n) is 10.3. The highest BCUT2D eigenvalue weighted by molar-refractivity contribution is 14.0. The fraction of sp³-hybridized carbons (Fsp3) is 0.947. The summed E-state index contributed by atoms with van der Waals surface area (Å²) in [5.41, 5.74) is 0. The molecule has 0 aromatic carbocycles. The Hall–Kier alpha value is -0.290. The van der Waals surface area contributed by atoms with E-state index in [4.69, 9.17) is 4.99 Å². The van der Waals surface area contributed by atoms with Gasteiger partial charge in [-0.2, -0.15) is 13.2 Å². The van der Waals surface area contributed by atoms with Crippen molar-refractivity contribution in [1.29, 1.82) is 0 Å². The van der Waals surface area contributed by atoms with Crippen LogP contribution < -0.4 is 5.32 Å². The van der Waals surface area contributed by atoms with E-state index >= 15 is 0 Å². The summed E-state index contributed by atoms with van der Waals surface area (Å²) < 4.78 is 38.0. The molecule has 0 bridgehead atoms. The number of hydrogen-bond acceptors (Lipinski definition) is 3. The fourth-order valence-corrected chi connectivity index (χ4v) is 3.66. The summed E-state index contributed by atoms with van der Waals surface area (Å²) in [5.74, 6) is 1.44. The van der Waals surface area contributed by atoms with Gasteiger partial charge in [-0.3, -0.25) is 9.89 Å². The third-order valence-corrected chi connectivity index (χ3v) is 5.02. The molecule has 0 radical (unpaired) electrons. The third-order valence-electron chi connectivity index (χ3n) is 5.02. The van der Waals surface area contributed by atoms with E-state index in [1.165, 1.54) is 4.90 Å².